The second kappa shape index (κ2) is 8.35. The Hall–Kier alpha value is -3.46. The number of fused-ring (bicyclic) bond motifs is 1. The molecule has 3 aromatic rings. The Bertz CT molecular complexity index is 1260. The first kappa shape index (κ1) is 17.2. The van der Waals surface area contributed by atoms with Crippen molar-refractivity contribution in [3.05, 3.63) is 59.2 Å². The van der Waals surface area contributed by atoms with E-state index in [1.807, 2.05) is 0 Å². The summed E-state index contributed by atoms with van der Waals surface area (Å²) in [5.74, 6) is -1.11. The summed E-state index contributed by atoms with van der Waals surface area (Å²) in [6.45, 7) is -1.73. The van der Waals surface area contributed by atoms with Gasteiger partial charge in [-0.2, -0.15) is 0 Å². The maximum absolute atomic E-state index is 15.1. The highest BCUT2D eigenvalue weighted by Gasteiger charge is 2.27. The lowest BCUT2D eigenvalue weighted by molar-refractivity contribution is -0.0214. The standard InChI is InChI=1S/C22H23FN4O4/c1-13-5-6-27-18(11-15-12-26(22(29)30)7-8-31-15)20(25-19(27)9-13)16-4-3-14(10-17(16)23)21(28)24-2/h3-6,9-10,15H,7-8,11-12H2,1-2H3,(H,24,28)(H,29,30)/t15-/m0/s1/i1D3. The Morgan fingerprint density at radius 2 is 2.23 bits per heavy atom. The summed E-state index contributed by atoms with van der Waals surface area (Å²) in [6.07, 6.45) is 0.213. The van der Waals surface area contributed by atoms with E-state index in [4.69, 9.17) is 8.85 Å². The van der Waals surface area contributed by atoms with Crippen LogP contribution in [-0.2, 0) is 11.2 Å². The van der Waals surface area contributed by atoms with E-state index in [9.17, 15) is 14.7 Å². The van der Waals surface area contributed by atoms with E-state index >= 15 is 4.39 Å². The molecule has 1 atom stereocenters. The molecule has 0 unspecified atom stereocenters. The number of carbonyl (C=O) groups excluding carboxylic acids is 1. The van der Waals surface area contributed by atoms with Crippen LogP contribution in [0.4, 0.5) is 9.18 Å². The van der Waals surface area contributed by atoms with Gasteiger partial charge in [0.1, 0.15) is 11.5 Å². The fourth-order valence-electron chi connectivity index (χ4n) is 3.73. The van der Waals surface area contributed by atoms with E-state index in [1.165, 1.54) is 36.2 Å². The van der Waals surface area contributed by atoms with Gasteiger partial charge in [0.15, 0.2) is 0 Å². The Balaban J connectivity index is 1.81. The van der Waals surface area contributed by atoms with Crippen molar-refractivity contribution in [1.82, 2.24) is 19.6 Å². The van der Waals surface area contributed by atoms with Gasteiger partial charge in [-0.3, -0.25) is 4.79 Å². The monoisotopic (exact) mass is 429 g/mol. The molecule has 31 heavy (non-hydrogen) atoms. The number of carbonyl (C=O) groups is 2. The van der Waals surface area contributed by atoms with Crippen molar-refractivity contribution in [2.45, 2.75) is 19.4 Å². The van der Waals surface area contributed by atoms with E-state index < -0.39 is 30.8 Å². The zero-order valence-corrected chi connectivity index (χ0v) is 16.8. The van der Waals surface area contributed by atoms with Gasteiger partial charge in [0, 0.05) is 41.4 Å². The Morgan fingerprint density at radius 3 is 2.94 bits per heavy atom. The molecule has 0 bridgehead atoms. The van der Waals surface area contributed by atoms with Crippen molar-refractivity contribution in [3.8, 4) is 11.3 Å². The van der Waals surface area contributed by atoms with E-state index in [1.54, 1.807) is 10.6 Å². The average Bonchev–Trinajstić information content (AvgIpc) is 3.15. The van der Waals surface area contributed by atoms with Gasteiger partial charge in [0.25, 0.3) is 5.91 Å². The molecule has 1 fully saturated rings. The molecule has 4 rings (SSSR count). The molecule has 0 saturated carbocycles. The van der Waals surface area contributed by atoms with Crippen LogP contribution in [0.3, 0.4) is 0 Å². The zero-order chi connectivity index (χ0) is 24.6. The Kier molecular flexibility index (Phi) is 4.64. The molecule has 1 aromatic carbocycles. The molecule has 0 radical (unpaired) electrons. The summed E-state index contributed by atoms with van der Waals surface area (Å²) >= 11 is 0. The third kappa shape index (κ3) is 4.09. The van der Waals surface area contributed by atoms with Crippen LogP contribution in [0.15, 0.2) is 36.5 Å². The van der Waals surface area contributed by atoms with E-state index in [0.29, 0.717) is 11.3 Å². The van der Waals surface area contributed by atoms with Crippen LogP contribution in [0.25, 0.3) is 16.9 Å². The first-order valence-corrected chi connectivity index (χ1v) is 9.71. The number of imidazole rings is 1. The van der Waals surface area contributed by atoms with Crippen molar-refractivity contribution in [2.75, 3.05) is 26.7 Å². The van der Waals surface area contributed by atoms with Crippen LogP contribution in [0.1, 0.15) is 25.7 Å². The fraction of sp³-hybridized carbons (Fsp3) is 0.318. The molecule has 1 aliphatic heterocycles. The molecule has 1 aliphatic rings. The van der Waals surface area contributed by atoms with Gasteiger partial charge in [-0.25, -0.2) is 14.2 Å². The van der Waals surface area contributed by atoms with Crippen molar-refractivity contribution in [2.24, 2.45) is 0 Å². The van der Waals surface area contributed by atoms with E-state index in [2.05, 4.69) is 10.3 Å². The summed E-state index contributed by atoms with van der Waals surface area (Å²) in [4.78, 5) is 29.1. The van der Waals surface area contributed by atoms with Gasteiger partial charge < -0.3 is 24.5 Å². The lowest BCUT2D eigenvalue weighted by Crippen LogP contribution is -2.45. The molecule has 0 spiro atoms. The number of amides is 2. The first-order valence-electron chi connectivity index (χ1n) is 11.2. The predicted molar refractivity (Wildman–Crippen MR) is 112 cm³/mol. The van der Waals surface area contributed by atoms with Crippen molar-refractivity contribution < 1.29 is 27.9 Å². The maximum Gasteiger partial charge on any atom is 0.407 e. The van der Waals surface area contributed by atoms with Gasteiger partial charge in [0.2, 0.25) is 0 Å². The summed E-state index contributed by atoms with van der Waals surface area (Å²) in [5.41, 5.74) is 1.47. The minimum Gasteiger partial charge on any atom is -0.465 e. The van der Waals surface area contributed by atoms with Gasteiger partial charge in [-0.1, -0.05) is 0 Å². The molecule has 9 heteroatoms. The molecule has 0 aliphatic carbocycles. The predicted octanol–water partition coefficient (Wildman–Crippen LogP) is 2.73. The molecule has 1 saturated heterocycles. The molecular weight excluding hydrogens is 403 g/mol. The van der Waals surface area contributed by atoms with E-state index in [-0.39, 0.29) is 48.5 Å². The number of pyridine rings is 1. The summed E-state index contributed by atoms with van der Waals surface area (Å²) in [5, 5.41) is 11.8. The van der Waals surface area contributed by atoms with Crippen LogP contribution in [-0.4, -0.2) is 64.2 Å². The largest absolute Gasteiger partial charge is 0.465 e. The highest BCUT2D eigenvalue weighted by atomic mass is 19.1. The number of carboxylic acid groups (broad SMARTS) is 1. The normalized spacial score (nSPS) is 18.3. The molecule has 3 heterocycles. The molecule has 162 valence electrons. The van der Waals surface area contributed by atoms with Crippen molar-refractivity contribution >= 4 is 17.6 Å². The SMILES string of the molecule is [2H]C([2H])([2H])c1ccn2c(C[C@H]3CN(C(=O)O)CCO3)c(-c3ccc(C(=O)NC)cc3F)nc2c1. The van der Waals surface area contributed by atoms with Crippen LogP contribution >= 0.6 is 0 Å². The van der Waals surface area contributed by atoms with Crippen LogP contribution in [0, 0.1) is 12.7 Å². The molecule has 2 amide bonds. The second-order valence-corrected chi connectivity index (χ2v) is 7.25. The quantitative estimate of drug-likeness (QED) is 0.665. The first-order chi connectivity index (χ1) is 16.1. The second-order valence-electron chi connectivity index (χ2n) is 7.25. The van der Waals surface area contributed by atoms with Gasteiger partial charge in [-0.05, 0) is 42.7 Å². The summed E-state index contributed by atoms with van der Waals surface area (Å²) in [7, 11) is 1.45. The number of aromatic nitrogens is 2. The minimum absolute atomic E-state index is 0.0875. The van der Waals surface area contributed by atoms with Crippen LogP contribution in [0.2, 0.25) is 0 Å². The number of morpholine rings is 1. The van der Waals surface area contributed by atoms with Gasteiger partial charge in [-0.15, -0.1) is 0 Å². The van der Waals surface area contributed by atoms with Crippen molar-refractivity contribution in [1.29, 1.82) is 0 Å². The number of nitrogens with one attached hydrogen (secondary N) is 1. The Morgan fingerprint density at radius 1 is 1.39 bits per heavy atom. The third-order valence-corrected chi connectivity index (χ3v) is 5.27. The molecular formula is C22H23FN4O4. The van der Waals surface area contributed by atoms with Gasteiger partial charge in [0.05, 0.1) is 30.6 Å². The number of hydrogen-bond acceptors (Lipinski definition) is 4. The number of ether oxygens (including phenoxy) is 1. The molecule has 2 N–H and O–H groups in total. The summed E-state index contributed by atoms with van der Waals surface area (Å²) in [6, 6.07) is 6.90. The van der Waals surface area contributed by atoms with E-state index in [0.717, 1.165) is 6.07 Å². The number of benzene rings is 1. The molecule has 2 aromatic heterocycles. The lowest BCUT2D eigenvalue weighted by Gasteiger charge is -2.31. The lowest BCUT2D eigenvalue weighted by atomic mass is 10.0. The Labute approximate surface area is 182 Å². The fourth-order valence-corrected chi connectivity index (χ4v) is 3.73. The van der Waals surface area contributed by atoms with Crippen LogP contribution in [0.5, 0.6) is 0 Å². The maximum atomic E-state index is 15.1. The number of rotatable bonds is 4. The van der Waals surface area contributed by atoms with Crippen molar-refractivity contribution in [3.63, 3.8) is 0 Å². The third-order valence-electron chi connectivity index (χ3n) is 5.27. The number of aryl methyl sites for hydroxylation is 1. The smallest absolute Gasteiger partial charge is 0.407 e. The minimum atomic E-state index is -2.34. The number of nitrogens with zero attached hydrogens (tertiary/aromatic N) is 3. The summed E-state index contributed by atoms with van der Waals surface area (Å²) < 4.78 is 45.6. The average molecular weight is 429 g/mol. The number of halogens is 1. The van der Waals surface area contributed by atoms with Gasteiger partial charge >= 0.3 is 6.09 Å². The highest BCUT2D eigenvalue weighted by Crippen LogP contribution is 2.29. The topological polar surface area (TPSA) is 96.2 Å². The highest BCUT2D eigenvalue weighted by molar-refractivity contribution is 5.94. The zero-order valence-electron chi connectivity index (χ0n) is 19.8. The number of hydrogen-bond donors (Lipinski definition) is 2. The molecule has 8 nitrogen and oxygen atoms in total. The van der Waals surface area contributed by atoms with Crippen LogP contribution < -0.4 is 5.32 Å².